The zero-order valence-corrected chi connectivity index (χ0v) is 61.3. The zero-order valence-electron chi connectivity index (χ0n) is 60.5. The molecule has 0 aromatic rings. The second-order valence-electron chi connectivity index (χ2n) is 28.4. The van der Waals surface area contributed by atoms with E-state index in [1.165, 1.54) is 340 Å². The van der Waals surface area contributed by atoms with Crippen LogP contribution in [-0.2, 0) is 18.4 Å². The predicted molar refractivity (Wildman–Crippen MR) is 392 cm³/mol. The van der Waals surface area contributed by atoms with E-state index in [0.29, 0.717) is 17.4 Å². The highest BCUT2D eigenvalue weighted by molar-refractivity contribution is 7.47. The molecule has 0 aliphatic heterocycles. The molecule has 0 aromatic heterocycles. The summed E-state index contributed by atoms with van der Waals surface area (Å²) in [5.74, 6) is -0.178. The molecule has 3 unspecified atom stereocenters. The number of amides is 1. The van der Waals surface area contributed by atoms with E-state index in [9.17, 15) is 19.4 Å². The Morgan fingerprint density at radius 1 is 0.382 bits per heavy atom. The van der Waals surface area contributed by atoms with Crippen LogP contribution in [0.2, 0.25) is 0 Å². The van der Waals surface area contributed by atoms with Gasteiger partial charge in [-0.25, -0.2) is 4.57 Å². The minimum atomic E-state index is -4.36. The summed E-state index contributed by atoms with van der Waals surface area (Å²) >= 11 is 0. The molecule has 0 aliphatic carbocycles. The third kappa shape index (κ3) is 73.7. The minimum absolute atomic E-state index is 0.0579. The van der Waals surface area contributed by atoms with E-state index >= 15 is 0 Å². The van der Waals surface area contributed by atoms with Gasteiger partial charge in [0.2, 0.25) is 5.91 Å². The maximum absolute atomic E-state index is 13.1. The second kappa shape index (κ2) is 70.8. The van der Waals surface area contributed by atoms with Crippen molar-refractivity contribution in [1.82, 2.24) is 5.32 Å². The molecular formula is C80H156N2O6P+. The Morgan fingerprint density at radius 3 is 0.966 bits per heavy atom. The number of quaternary nitrogens is 1. The molecule has 1 amide bonds. The number of carbonyl (C=O) groups excluding carboxylic acids is 1. The average Bonchev–Trinajstić information content (AvgIpc) is 3.57. The number of unbranched alkanes of at least 4 members (excludes halogenated alkanes) is 55. The molecule has 8 nitrogen and oxygen atoms in total. The van der Waals surface area contributed by atoms with Crippen molar-refractivity contribution in [2.75, 3.05) is 40.9 Å². The first-order valence-electron chi connectivity index (χ1n) is 39.5. The Labute approximate surface area is 556 Å². The van der Waals surface area contributed by atoms with Crippen molar-refractivity contribution in [2.24, 2.45) is 0 Å². The van der Waals surface area contributed by atoms with Crippen LogP contribution in [0.4, 0.5) is 0 Å². The van der Waals surface area contributed by atoms with E-state index < -0.39 is 20.0 Å². The number of nitrogens with one attached hydrogen (secondary N) is 1. The molecule has 0 rings (SSSR count). The third-order valence-corrected chi connectivity index (χ3v) is 19.3. The lowest BCUT2D eigenvalue weighted by molar-refractivity contribution is -0.870. The number of hydrogen-bond donors (Lipinski definition) is 3. The summed E-state index contributed by atoms with van der Waals surface area (Å²) in [6.07, 6.45) is 97.4. The van der Waals surface area contributed by atoms with Crippen LogP contribution < -0.4 is 5.32 Å². The smallest absolute Gasteiger partial charge is 0.387 e. The maximum Gasteiger partial charge on any atom is 0.472 e. The Bertz CT molecular complexity index is 1590. The van der Waals surface area contributed by atoms with Gasteiger partial charge in [0.05, 0.1) is 39.9 Å². The minimum Gasteiger partial charge on any atom is -0.387 e. The lowest BCUT2D eigenvalue weighted by Crippen LogP contribution is -2.45. The van der Waals surface area contributed by atoms with Gasteiger partial charge in [0, 0.05) is 6.42 Å². The van der Waals surface area contributed by atoms with Gasteiger partial charge in [-0.3, -0.25) is 13.8 Å². The summed E-state index contributed by atoms with van der Waals surface area (Å²) in [5, 5.41) is 14.0. The van der Waals surface area contributed by atoms with E-state index in [1.54, 1.807) is 6.08 Å². The van der Waals surface area contributed by atoms with Crippen LogP contribution in [0.3, 0.4) is 0 Å². The molecule has 0 fully saturated rings. The monoisotopic (exact) mass is 1270 g/mol. The third-order valence-electron chi connectivity index (χ3n) is 18.3. The highest BCUT2D eigenvalue weighted by Gasteiger charge is 2.28. The van der Waals surface area contributed by atoms with E-state index in [4.69, 9.17) is 9.05 Å². The summed E-state index contributed by atoms with van der Waals surface area (Å²) in [4.78, 5) is 23.5. The Morgan fingerprint density at radius 2 is 0.652 bits per heavy atom. The van der Waals surface area contributed by atoms with Crippen molar-refractivity contribution in [3.05, 3.63) is 48.6 Å². The second-order valence-corrected chi connectivity index (χ2v) is 29.9. The molecule has 0 bridgehead atoms. The molecule has 9 heteroatoms. The average molecular weight is 1270 g/mol. The van der Waals surface area contributed by atoms with E-state index in [1.807, 2.05) is 27.2 Å². The summed E-state index contributed by atoms with van der Waals surface area (Å²) < 4.78 is 23.9. The quantitative estimate of drug-likeness (QED) is 0.0243. The van der Waals surface area contributed by atoms with Gasteiger partial charge < -0.3 is 19.8 Å². The summed E-state index contributed by atoms with van der Waals surface area (Å²) in [5.41, 5.74) is 0. The molecule has 0 radical (unpaired) electrons. The number of rotatable bonds is 74. The number of carbonyl (C=O) groups is 1. The molecule has 0 aromatic carbocycles. The van der Waals surface area contributed by atoms with Gasteiger partial charge in [0.15, 0.2) is 0 Å². The highest BCUT2D eigenvalue weighted by Crippen LogP contribution is 2.43. The molecule has 0 saturated carbocycles. The van der Waals surface area contributed by atoms with E-state index in [-0.39, 0.29) is 19.1 Å². The van der Waals surface area contributed by atoms with Crippen molar-refractivity contribution >= 4 is 13.7 Å². The fourth-order valence-electron chi connectivity index (χ4n) is 12.2. The molecule has 0 spiro atoms. The topological polar surface area (TPSA) is 105 Å². The molecule has 0 aliphatic rings. The normalized spacial score (nSPS) is 13.7. The molecule has 0 saturated heterocycles. The number of phosphoric ester groups is 1. The van der Waals surface area contributed by atoms with Gasteiger partial charge >= 0.3 is 7.82 Å². The summed E-state index contributed by atoms with van der Waals surface area (Å²) in [6.45, 7) is 4.85. The molecule has 3 N–H and O–H groups in total. The van der Waals surface area contributed by atoms with Crippen LogP contribution >= 0.6 is 7.82 Å². The van der Waals surface area contributed by atoms with Crippen molar-refractivity contribution in [3.63, 3.8) is 0 Å². The highest BCUT2D eigenvalue weighted by atomic mass is 31.2. The number of aliphatic hydroxyl groups is 1. The lowest BCUT2D eigenvalue weighted by atomic mass is 10.0. The van der Waals surface area contributed by atoms with Crippen molar-refractivity contribution in [1.29, 1.82) is 0 Å². The van der Waals surface area contributed by atoms with Gasteiger partial charge in [0.25, 0.3) is 0 Å². The first kappa shape index (κ1) is 87.5. The maximum atomic E-state index is 13.1. The van der Waals surface area contributed by atoms with Crippen LogP contribution in [0.1, 0.15) is 406 Å². The van der Waals surface area contributed by atoms with Crippen LogP contribution in [0.25, 0.3) is 0 Å². The molecule has 3 atom stereocenters. The zero-order chi connectivity index (χ0) is 64.8. The van der Waals surface area contributed by atoms with Crippen LogP contribution in [-0.4, -0.2) is 73.4 Å². The van der Waals surface area contributed by atoms with Gasteiger partial charge in [-0.15, -0.1) is 0 Å². The van der Waals surface area contributed by atoms with E-state index in [0.717, 1.165) is 44.9 Å². The molecule has 0 heterocycles. The fraction of sp³-hybridized carbons (Fsp3) is 0.887. The van der Waals surface area contributed by atoms with Crippen LogP contribution in [0.15, 0.2) is 48.6 Å². The number of likely N-dealkylation sites (N-methyl/N-ethyl adjacent to an activating group) is 1. The molecule has 89 heavy (non-hydrogen) atoms. The number of allylic oxidation sites excluding steroid dienone is 7. The summed E-state index contributed by atoms with van der Waals surface area (Å²) in [6, 6.07) is -0.865. The Kier molecular flexibility index (Phi) is 69.5. The largest absolute Gasteiger partial charge is 0.472 e. The number of aliphatic hydroxyl groups excluding tert-OH is 1. The molecule has 526 valence electrons. The first-order valence-corrected chi connectivity index (χ1v) is 41.0. The lowest BCUT2D eigenvalue weighted by Gasteiger charge is -2.25. The van der Waals surface area contributed by atoms with Crippen molar-refractivity contribution < 1.29 is 32.9 Å². The van der Waals surface area contributed by atoms with Crippen molar-refractivity contribution in [3.8, 4) is 0 Å². The molecular weight excluding hydrogens is 1120 g/mol. The first-order chi connectivity index (χ1) is 43.5. The summed E-state index contributed by atoms with van der Waals surface area (Å²) in [7, 11) is 1.57. The van der Waals surface area contributed by atoms with Gasteiger partial charge in [-0.1, -0.05) is 383 Å². The number of nitrogens with zero attached hydrogens (tertiary/aromatic N) is 1. The number of phosphoric acid groups is 1. The van der Waals surface area contributed by atoms with Crippen molar-refractivity contribution in [2.45, 2.75) is 418 Å². The Hall–Kier alpha value is -1.54. The van der Waals surface area contributed by atoms with Crippen LogP contribution in [0.5, 0.6) is 0 Å². The van der Waals surface area contributed by atoms with E-state index in [2.05, 4.69) is 55.6 Å². The van der Waals surface area contributed by atoms with Gasteiger partial charge in [0.1, 0.15) is 13.2 Å². The number of hydrogen-bond acceptors (Lipinski definition) is 5. The van der Waals surface area contributed by atoms with Gasteiger partial charge in [-0.05, 0) is 64.2 Å². The predicted octanol–water partition coefficient (Wildman–Crippen LogP) is 25.7. The fourth-order valence-corrected chi connectivity index (χ4v) is 12.9. The standard InChI is InChI=1S/C80H155N2O6P/c1-6-8-10-12-14-16-18-20-22-24-26-28-30-32-34-36-38-39-40-41-42-43-44-46-48-50-52-54-56-58-60-62-64-66-68-70-72-74-80(84)81-78(77-88-89(85,86)87-76-75-82(3,4)5)79(83)73-71-69-67-65-63-61-59-57-55-53-51-49-47-45-37-35-33-31-29-27-25-23-21-19-17-15-13-11-9-7-2/h18,20,24,26,63,65,71,73,78-79,83H,6-17,19,21-23,25,27-62,64,66-70,72,74-77H2,1-5H3,(H-,81,84,85,86)/p+1/b20-18-,26-24-,65-63+,73-71+. The Balaban J connectivity index is 3.98. The van der Waals surface area contributed by atoms with Crippen LogP contribution in [0, 0.1) is 0 Å². The SMILES string of the molecule is CCCCCCC/C=C\C/C=C\CCCCCCCCCCCCCCCCCCCCCCCCCCCC(=O)NC(COP(=O)(O)OCC[N+](C)(C)C)C(O)/C=C/CC/C=C/CCCCCCCCCCCCCCCCCCCCCCCCCC. The van der Waals surface area contributed by atoms with Gasteiger partial charge in [-0.2, -0.15) is 0 Å².